The van der Waals surface area contributed by atoms with E-state index in [2.05, 4.69) is 26.9 Å². The van der Waals surface area contributed by atoms with Crippen molar-refractivity contribution in [2.75, 3.05) is 38.1 Å². The fraction of sp³-hybridized carbons (Fsp3) is 0.227. The number of anilines is 1. The number of likely N-dealkylation sites (N-methyl/N-ethyl adjacent to an activating group) is 1. The maximum Gasteiger partial charge on any atom is 0.225 e. The van der Waals surface area contributed by atoms with Gasteiger partial charge >= 0.3 is 0 Å². The summed E-state index contributed by atoms with van der Waals surface area (Å²) in [5.41, 5.74) is 3.52. The standard InChI is InChI=1S/C22H20F2N6/c1-28-10-12-29(13-11-28)22-25-9-8-18(26-22)20-19-7-6-17(24)14-30(19)27-21(20)15-2-4-16(23)5-3-15/h2-9,14H,10-13H2,1H3. The van der Waals surface area contributed by atoms with Crippen LogP contribution in [0.4, 0.5) is 14.7 Å². The SMILES string of the molecule is CN1CCN(c2nccc(-c3c(-c4ccc(F)cc4)nn4cc(F)ccc34)n2)CC1. The fourth-order valence-corrected chi connectivity index (χ4v) is 3.73. The van der Waals surface area contributed by atoms with Gasteiger partial charge in [0, 0.05) is 37.9 Å². The minimum atomic E-state index is -0.386. The van der Waals surface area contributed by atoms with Gasteiger partial charge in [-0.1, -0.05) is 0 Å². The highest BCUT2D eigenvalue weighted by atomic mass is 19.1. The first-order valence-electron chi connectivity index (χ1n) is 9.79. The van der Waals surface area contributed by atoms with Crippen molar-refractivity contribution >= 4 is 11.5 Å². The number of fused-ring (bicyclic) bond motifs is 1. The highest BCUT2D eigenvalue weighted by molar-refractivity contribution is 5.90. The molecule has 8 heteroatoms. The van der Waals surface area contributed by atoms with Crippen molar-refractivity contribution in [1.29, 1.82) is 0 Å². The van der Waals surface area contributed by atoms with Crippen LogP contribution in [0, 0.1) is 11.6 Å². The molecule has 0 atom stereocenters. The summed E-state index contributed by atoms with van der Waals surface area (Å²) in [4.78, 5) is 13.7. The Bertz CT molecular complexity index is 1200. The molecule has 0 saturated carbocycles. The Morgan fingerprint density at radius 2 is 1.60 bits per heavy atom. The number of halogens is 2. The van der Waals surface area contributed by atoms with Crippen LogP contribution in [0.5, 0.6) is 0 Å². The lowest BCUT2D eigenvalue weighted by Gasteiger charge is -2.32. The molecule has 0 radical (unpaired) electrons. The Morgan fingerprint density at radius 3 is 2.37 bits per heavy atom. The van der Waals surface area contributed by atoms with Gasteiger partial charge in [-0.05, 0) is 49.5 Å². The van der Waals surface area contributed by atoms with Crippen LogP contribution in [0.2, 0.25) is 0 Å². The molecule has 4 heterocycles. The number of aromatic nitrogens is 4. The largest absolute Gasteiger partial charge is 0.338 e. The summed E-state index contributed by atoms with van der Waals surface area (Å²) in [6, 6.07) is 11.0. The van der Waals surface area contributed by atoms with E-state index in [0.29, 0.717) is 17.3 Å². The second-order valence-corrected chi connectivity index (χ2v) is 7.44. The average molecular weight is 406 g/mol. The molecule has 4 aromatic rings. The lowest BCUT2D eigenvalue weighted by atomic mass is 10.0. The number of hydrogen-bond acceptors (Lipinski definition) is 5. The van der Waals surface area contributed by atoms with Gasteiger partial charge in [0.05, 0.1) is 23.0 Å². The molecule has 0 spiro atoms. The summed E-state index contributed by atoms with van der Waals surface area (Å²) in [5, 5.41) is 4.58. The van der Waals surface area contributed by atoms with E-state index >= 15 is 0 Å². The summed E-state index contributed by atoms with van der Waals surface area (Å²) in [5.74, 6) is -0.0513. The Kier molecular flexibility index (Phi) is 4.63. The van der Waals surface area contributed by atoms with Crippen molar-refractivity contribution in [2.24, 2.45) is 0 Å². The molecule has 0 aliphatic carbocycles. The third-order valence-corrected chi connectivity index (χ3v) is 5.40. The van der Waals surface area contributed by atoms with Gasteiger partial charge in [0.1, 0.15) is 17.3 Å². The van der Waals surface area contributed by atoms with E-state index < -0.39 is 0 Å². The van der Waals surface area contributed by atoms with E-state index in [9.17, 15) is 8.78 Å². The first kappa shape index (κ1) is 18.6. The Morgan fingerprint density at radius 1 is 0.867 bits per heavy atom. The molecule has 0 unspecified atom stereocenters. The van der Waals surface area contributed by atoms with Gasteiger partial charge in [0.25, 0.3) is 0 Å². The van der Waals surface area contributed by atoms with Crippen molar-refractivity contribution in [2.45, 2.75) is 0 Å². The molecular formula is C22H20F2N6. The van der Waals surface area contributed by atoms with Gasteiger partial charge in [-0.2, -0.15) is 5.10 Å². The molecule has 152 valence electrons. The van der Waals surface area contributed by atoms with Crippen molar-refractivity contribution in [3.8, 4) is 22.5 Å². The molecule has 0 amide bonds. The summed E-state index contributed by atoms with van der Waals surface area (Å²) in [7, 11) is 2.10. The lowest BCUT2D eigenvalue weighted by molar-refractivity contribution is 0.311. The highest BCUT2D eigenvalue weighted by Gasteiger charge is 2.21. The fourth-order valence-electron chi connectivity index (χ4n) is 3.73. The minimum Gasteiger partial charge on any atom is -0.338 e. The second kappa shape index (κ2) is 7.46. The zero-order valence-corrected chi connectivity index (χ0v) is 16.5. The van der Waals surface area contributed by atoms with Crippen molar-refractivity contribution in [3.63, 3.8) is 0 Å². The average Bonchev–Trinajstić information content (AvgIpc) is 3.13. The third kappa shape index (κ3) is 3.39. The first-order chi connectivity index (χ1) is 14.6. The molecule has 30 heavy (non-hydrogen) atoms. The maximum absolute atomic E-state index is 13.8. The summed E-state index contributed by atoms with van der Waals surface area (Å²) in [6.07, 6.45) is 3.06. The Hall–Kier alpha value is -3.39. The van der Waals surface area contributed by atoms with E-state index in [1.54, 1.807) is 24.4 Å². The summed E-state index contributed by atoms with van der Waals surface area (Å²) in [6.45, 7) is 3.60. The van der Waals surface area contributed by atoms with Gasteiger partial charge in [-0.25, -0.2) is 23.3 Å². The Balaban J connectivity index is 1.65. The van der Waals surface area contributed by atoms with Gasteiger partial charge < -0.3 is 9.80 Å². The van der Waals surface area contributed by atoms with E-state index in [4.69, 9.17) is 4.98 Å². The second-order valence-electron chi connectivity index (χ2n) is 7.44. The smallest absolute Gasteiger partial charge is 0.225 e. The van der Waals surface area contributed by atoms with Crippen LogP contribution in [-0.4, -0.2) is 57.7 Å². The predicted molar refractivity (Wildman–Crippen MR) is 111 cm³/mol. The molecule has 5 rings (SSSR count). The summed E-state index contributed by atoms with van der Waals surface area (Å²) < 4.78 is 28.8. The minimum absolute atomic E-state index is 0.325. The van der Waals surface area contributed by atoms with E-state index in [-0.39, 0.29) is 11.6 Å². The zero-order valence-electron chi connectivity index (χ0n) is 16.5. The number of rotatable bonds is 3. The molecule has 3 aromatic heterocycles. The predicted octanol–water partition coefficient (Wildman–Crippen LogP) is 3.49. The van der Waals surface area contributed by atoms with Crippen LogP contribution >= 0.6 is 0 Å². The van der Waals surface area contributed by atoms with Crippen LogP contribution in [0.15, 0.2) is 54.9 Å². The molecule has 1 saturated heterocycles. The number of hydrogen-bond donors (Lipinski definition) is 0. The maximum atomic E-state index is 13.8. The number of piperazine rings is 1. The van der Waals surface area contributed by atoms with Gasteiger partial charge in [0.2, 0.25) is 5.95 Å². The molecule has 1 aliphatic heterocycles. The molecular weight excluding hydrogens is 386 g/mol. The molecule has 1 aromatic carbocycles. The van der Waals surface area contributed by atoms with Gasteiger partial charge in [-0.3, -0.25) is 0 Å². The quantitative estimate of drug-likeness (QED) is 0.521. The molecule has 1 aliphatic rings. The topological polar surface area (TPSA) is 49.6 Å². The third-order valence-electron chi connectivity index (χ3n) is 5.40. The normalized spacial score (nSPS) is 15.1. The number of pyridine rings is 1. The summed E-state index contributed by atoms with van der Waals surface area (Å²) >= 11 is 0. The van der Waals surface area contributed by atoms with Crippen LogP contribution in [-0.2, 0) is 0 Å². The van der Waals surface area contributed by atoms with E-state index in [1.165, 1.54) is 28.9 Å². The van der Waals surface area contributed by atoms with Crippen LogP contribution in [0.3, 0.4) is 0 Å². The molecule has 0 N–H and O–H groups in total. The van der Waals surface area contributed by atoms with Crippen LogP contribution in [0.1, 0.15) is 0 Å². The molecule has 0 bridgehead atoms. The zero-order chi connectivity index (χ0) is 20.7. The van der Waals surface area contributed by atoms with Crippen LogP contribution in [0.25, 0.3) is 28.0 Å². The lowest BCUT2D eigenvalue weighted by Crippen LogP contribution is -2.45. The number of benzene rings is 1. The van der Waals surface area contributed by atoms with Crippen molar-refractivity contribution in [1.82, 2.24) is 24.5 Å². The monoisotopic (exact) mass is 406 g/mol. The van der Waals surface area contributed by atoms with E-state index in [1.807, 2.05) is 6.07 Å². The molecule has 1 fully saturated rings. The Labute approximate surface area is 172 Å². The van der Waals surface area contributed by atoms with Gasteiger partial charge in [0.15, 0.2) is 0 Å². The van der Waals surface area contributed by atoms with E-state index in [0.717, 1.165) is 42.8 Å². The van der Waals surface area contributed by atoms with Crippen molar-refractivity contribution < 1.29 is 8.78 Å². The van der Waals surface area contributed by atoms with Crippen LogP contribution < -0.4 is 4.90 Å². The first-order valence-corrected chi connectivity index (χ1v) is 9.79. The van der Waals surface area contributed by atoms with Crippen molar-refractivity contribution in [3.05, 3.63) is 66.5 Å². The highest BCUT2D eigenvalue weighted by Crippen LogP contribution is 2.34. The molecule has 6 nitrogen and oxygen atoms in total. The van der Waals surface area contributed by atoms with Gasteiger partial charge in [-0.15, -0.1) is 0 Å². The number of nitrogens with zero attached hydrogens (tertiary/aromatic N) is 6.